The number of hydrogen-bond donors (Lipinski definition) is 1. The lowest BCUT2D eigenvalue weighted by atomic mass is 10.2. The summed E-state index contributed by atoms with van der Waals surface area (Å²) in [5.41, 5.74) is 2.14. The van der Waals surface area contributed by atoms with E-state index in [1.54, 1.807) is 24.3 Å². The minimum Gasteiger partial charge on any atom is -0.457 e. The number of ether oxygens (including phenoxy) is 1. The largest absolute Gasteiger partial charge is 0.457 e. The molecule has 3 aromatic carbocycles. The molecule has 0 atom stereocenters. The maximum absolute atomic E-state index is 12.6. The molecule has 1 N–H and O–H groups in total. The normalized spacial score (nSPS) is 11.0. The zero-order valence-corrected chi connectivity index (χ0v) is 15.6. The van der Waals surface area contributed by atoms with Crippen LogP contribution < -0.4 is 4.72 Å². The molecule has 3 rings (SSSR count). The van der Waals surface area contributed by atoms with Crippen molar-refractivity contribution in [1.82, 2.24) is 0 Å². The average molecular weight is 381 g/mol. The van der Waals surface area contributed by atoms with Crippen molar-refractivity contribution < 1.29 is 17.9 Å². The minimum atomic E-state index is -3.81. The van der Waals surface area contributed by atoms with Crippen LogP contribution in [0.3, 0.4) is 0 Å². The highest BCUT2D eigenvalue weighted by molar-refractivity contribution is 7.92. The highest BCUT2D eigenvalue weighted by Gasteiger charge is 2.19. The van der Waals surface area contributed by atoms with Crippen molar-refractivity contribution >= 4 is 21.7 Å². The lowest BCUT2D eigenvalue weighted by Crippen LogP contribution is -2.16. The van der Waals surface area contributed by atoms with Crippen LogP contribution in [0.2, 0.25) is 0 Å². The van der Waals surface area contributed by atoms with Crippen LogP contribution >= 0.6 is 0 Å². The molecule has 0 aliphatic heterocycles. The maximum atomic E-state index is 12.6. The Morgan fingerprint density at radius 3 is 2.22 bits per heavy atom. The molecule has 6 heteroatoms. The molecule has 0 spiro atoms. The van der Waals surface area contributed by atoms with Crippen LogP contribution in [0, 0.1) is 6.92 Å². The lowest BCUT2D eigenvalue weighted by molar-refractivity contribution is 0.0474. The van der Waals surface area contributed by atoms with Crippen LogP contribution in [-0.2, 0) is 21.4 Å². The van der Waals surface area contributed by atoms with E-state index in [1.165, 1.54) is 24.3 Å². The average Bonchev–Trinajstić information content (AvgIpc) is 2.67. The third kappa shape index (κ3) is 4.74. The van der Waals surface area contributed by atoms with Gasteiger partial charge in [-0.15, -0.1) is 0 Å². The van der Waals surface area contributed by atoms with Crippen LogP contribution in [-0.4, -0.2) is 14.4 Å². The highest BCUT2D eigenvalue weighted by Crippen LogP contribution is 2.21. The first-order valence-electron chi connectivity index (χ1n) is 8.35. The Bertz CT molecular complexity index is 1030. The van der Waals surface area contributed by atoms with Gasteiger partial charge < -0.3 is 4.74 Å². The second kappa shape index (κ2) is 8.05. The second-order valence-electron chi connectivity index (χ2n) is 6.03. The van der Waals surface area contributed by atoms with Gasteiger partial charge in [-0.25, -0.2) is 13.2 Å². The summed E-state index contributed by atoms with van der Waals surface area (Å²) in [4.78, 5) is 12.6. The van der Waals surface area contributed by atoms with Crippen LogP contribution in [0.4, 0.5) is 5.69 Å². The fourth-order valence-electron chi connectivity index (χ4n) is 2.47. The molecule has 0 fully saturated rings. The lowest BCUT2D eigenvalue weighted by Gasteiger charge is -2.12. The zero-order valence-electron chi connectivity index (χ0n) is 14.8. The fourth-order valence-corrected chi connectivity index (χ4v) is 3.55. The van der Waals surface area contributed by atoms with Gasteiger partial charge in [0, 0.05) is 0 Å². The first-order valence-corrected chi connectivity index (χ1v) is 9.83. The van der Waals surface area contributed by atoms with Crippen molar-refractivity contribution in [3.8, 4) is 0 Å². The number of sulfonamides is 1. The number of anilines is 1. The molecule has 0 bridgehead atoms. The summed E-state index contributed by atoms with van der Waals surface area (Å²) in [6, 6.07) is 22.1. The predicted octanol–water partition coefficient (Wildman–Crippen LogP) is 4.15. The monoisotopic (exact) mass is 381 g/mol. The molecule has 0 aliphatic rings. The fraction of sp³-hybridized carbons (Fsp3) is 0.0952. The van der Waals surface area contributed by atoms with Crippen molar-refractivity contribution in [3.63, 3.8) is 0 Å². The number of rotatable bonds is 6. The standard InChI is InChI=1S/C21H19NO4S/c1-16-11-13-18(14-12-16)27(24,25)22-20-10-6-5-9-19(20)21(23)26-15-17-7-3-2-4-8-17/h2-14,22H,15H2,1H3. The Labute approximate surface area is 158 Å². The summed E-state index contributed by atoms with van der Waals surface area (Å²) in [5.74, 6) is -0.596. The molecule has 0 amide bonds. The number of hydrogen-bond acceptors (Lipinski definition) is 4. The van der Waals surface area contributed by atoms with Gasteiger partial charge in [-0.05, 0) is 36.8 Å². The van der Waals surface area contributed by atoms with Gasteiger partial charge in [0.25, 0.3) is 10.0 Å². The summed E-state index contributed by atoms with van der Waals surface area (Å²) >= 11 is 0. The third-order valence-electron chi connectivity index (χ3n) is 3.94. The van der Waals surface area contributed by atoms with Gasteiger partial charge in [0.05, 0.1) is 16.1 Å². The third-order valence-corrected chi connectivity index (χ3v) is 5.32. The molecular formula is C21H19NO4S. The van der Waals surface area contributed by atoms with Gasteiger partial charge in [0.15, 0.2) is 0 Å². The molecule has 138 valence electrons. The van der Waals surface area contributed by atoms with Crippen molar-refractivity contribution in [2.24, 2.45) is 0 Å². The molecule has 0 unspecified atom stereocenters. The predicted molar refractivity (Wildman–Crippen MR) is 104 cm³/mol. The molecule has 0 saturated heterocycles. The molecule has 0 saturated carbocycles. The van der Waals surface area contributed by atoms with E-state index in [-0.39, 0.29) is 22.8 Å². The van der Waals surface area contributed by atoms with Crippen molar-refractivity contribution in [1.29, 1.82) is 0 Å². The maximum Gasteiger partial charge on any atom is 0.340 e. The van der Waals surface area contributed by atoms with Gasteiger partial charge in [0.2, 0.25) is 0 Å². The van der Waals surface area contributed by atoms with E-state index in [1.807, 2.05) is 37.3 Å². The Morgan fingerprint density at radius 1 is 0.889 bits per heavy atom. The Kier molecular flexibility index (Phi) is 5.57. The molecular weight excluding hydrogens is 362 g/mol. The van der Waals surface area contributed by atoms with Crippen LogP contribution in [0.15, 0.2) is 83.8 Å². The van der Waals surface area contributed by atoms with E-state index in [4.69, 9.17) is 4.74 Å². The van der Waals surface area contributed by atoms with E-state index >= 15 is 0 Å². The number of esters is 1. The molecule has 5 nitrogen and oxygen atoms in total. The van der Waals surface area contributed by atoms with Crippen LogP contribution in [0.25, 0.3) is 0 Å². The number of nitrogens with one attached hydrogen (secondary N) is 1. The smallest absolute Gasteiger partial charge is 0.340 e. The molecule has 27 heavy (non-hydrogen) atoms. The van der Waals surface area contributed by atoms with Crippen LogP contribution in [0.1, 0.15) is 21.5 Å². The summed E-state index contributed by atoms with van der Waals surface area (Å²) in [7, 11) is -3.81. The molecule has 0 heterocycles. The number of carbonyl (C=O) groups is 1. The Hall–Kier alpha value is -3.12. The molecule has 0 radical (unpaired) electrons. The van der Waals surface area contributed by atoms with E-state index < -0.39 is 16.0 Å². The van der Waals surface area contributed by atoms with Gasteiger partial charge in [-0.3, -0.25) is 4.72 Å². The first kappa shape index (κ1) is 18.7. The van der Waals surface area contributed by atoms with Gasteiger partial charge in [-0.1, -0.05) is 60.2 Å². The van der Waals surface area contributed by atoms with Crippen molar-refractivity contribution in [2.75, 3.05) is 4.72 Å². The van der Waals surface area contributed by atoms with Gasteiger partial charge >= 0.3 is 5.97 Å². The molecule has 0 aromatic heterocycles. The highest BCUT2D eigenvalue weighted by atomic mass is 32.2. The molecule has 3 aromatic rings. The number of para-hydroxylation sites is 1. The summed E-state index contributed by atoms with van der Waals surface area (Å²) in [6.45, 7) is 1.99. The number of aryl methyl sites for hydroxylation is 1. The van der Waals surface area contributed by atoms with Crippen molar-refractivity contribution in [3.05, 3.63) is 95.6 Å². The van der Waals surface area contributed by atoms with Gasteiger partial charge in [0.1, 0.15) is 6.61 Å². The summed E-state index contributed by atoms with van der Waals surface area (Å²) in [6.07, 6.45) is 0. The first-order chi connectivity index (χ1) is 13.0. The zero-order chi connectivity index (χ0) is 19.3. The van der Waals surface area contributed by atoms with Crippen LogP contribution in [0.5, 0.6) is 0 Å². The topological polar surface area (TPSA) is 72.5 Å². The molecule has 0 aliphatic carbocycles. The SMILES string of the molecule is Cc1ccc(S(=O)(=O)Nc2ccccc2C(=O)OCc2ccccc2)cc1. The summed E-state index contributed by atoms with van der Waals surface area (Å²) in [5, 5.41) is 0. The Balaban J connectivity index is 1.79. The van der Waals surface area contributed by atoms with E-state index in [0.29, 0.717) is 0 Å². The van der Waals surface area contributed by atoms with E-state index in [0.717, 1.165) is 11.1 Å². The quantitative estimate of drug-likeness (QED) is 0.651. The summed E-state index contributed by atoms with van der Waals surface area (Å²) < 4.78 is 33.0. The van der Waals surface area contributed by atoms with E-state index in [2.05, 4.69) is 4.72 Å². The number of benzene rings is 3. The Morgan fingerprint density at radius 2 is 1.52 bits per heavy atom. The van der Waals surface area contributed by atoms with Gasteiger partial charge in [-0.2, -0.15) is 0 Å². The minimum absolute atomic E-state index is 0.110. The van der Waals surface area contributed by atoms with E-state index in [9.17, 15) is 13.2 Å². The second-order valence-corrected chi connectivity index (χ2v) is 7.71. The number of carbonyl (C=O) groups excluding carboxylic acids is 1. The van der Waals surface area contributed by atoms with Crippen molar-refractivity contribution in [2.45, 2.75) is 18.4 Å².